The van der Waals surface area contributed by atoms with E-state index in [0.29, 0.717) is 12.0 Å². The summed E-state index contributed by atoms with van der Waals surface area (Å²) in [6.45, 7) is 4.96. The summed E-state index contributed by atoms with van der Waals surface area (Å²) in [7, 11) is 0. The van der Waals surface area contributed by atoms with E-state index in [-0.39, 0.29) is 12.5 Å². The number of rotatable bonds is 7. The molecule has 0 saturated carbocycles. The largest absolute Gasteiger partial charge is 0.481 e. The minimum atomic E-state index is -0.918. The van der Waals surface area contributed by atoms with Crippen molar-refractivity contribution in [3.63, 3.8) is 0 Å². The molecule has 1 unspecified atom stereocenters. The van der Waals surface area contributed by atoms with Gasteiger partial charge in [-0.2, -0.15) is 0 Å². The molecular weight excluding hydrogens is 276 g/mol. The van der Waals surface area contributed by atoms with Crippen LogP contribution >= 0.6 is 0 Å². The molecule has 1 atom stereocenters. The van der Waals surface area contributed by atoms with E-state index in [1.165, 1.54) is 18.6 Å². The first-order chi connectivity index (χ1) is 9.74. The molecule has 1 heterocycles. The molecule has 0 spiro atoms. The van der Waals surface area contributed by atoms with Gasteiger partial charge in [0.1, 0.15) is 12.3 Å². The van der Waals surface area contributed by atoms with Crippen molar-refractivity contribution in [3.8, 4) is 0 Å². The summed E-state index contributed by atoms with van der Waals surface area (Å²) in [5.74, 6) is -1.69. The van der Waals surface area contributed by atoms with E-state index >= 15 is 0 Å². The Bertz CT molecular complexity index is 507. The van der Waals surface area contributed by atoms with Gasteiger partial charge < -0.3 is 20.2 Å². The van der Waals surface area contributed by atoms with E-state index in [0.717, 1.165) is 0 Å². The highest BCUT2D eigenvalue weighted by Crippen LogP contribution is 2.19. The van der Waals surface area contributed by atoms with Crippen molar-refractivity contribution in [1.29, 1.82) is 0 Å². The van der Waals surface area contributed by atoms with Gasteiger partial charge in [-0.15, -0.1) is 0 Å². The smallest absolute Gasteiger partial charge is 0.309 e. The SMILES string of the molecule is CC(NC(=O)c1ccoc1)C(=O)NCCC(C)(C)C(=O)O. The Balaban J connectivity index is 2.38. The predicted octanol–water partition coefficient (Wildman–Crippen LogP) is 1.01. The number of amides is 2. The molecule has 0 aliphatic heterocycles. The molecule has 1 aromatic rings. The van der Waals surface area contributed by atoms with Gasteiger partial charge >= 0.3 is 5.97 Å². The Morgan fingerprint density at radius 2 is 2.05 bits per heavy atom. The van der Waals surface area contributed by atoms with Crippen molar-refractivity contribution >= 4 is 17.8 Å². The first kappa shape index (κ1) is 16.7. The molecule has 0 aliphatic rings. The average Bonchev–Trinajstić information content (AvgIpc) is 2.91. The lowest BCUT2D eigenvalue weighted by molar-refractivity contribution is -0.147. The lowest BCUT2D eigenvalue weighted by Gasteiger charge is -2.20. The van der Waals surface area contributed by atoms with Crippen LogP contribution in [0.3, 0.4) is 0 Å². The predicted molar refractivity (Wildman–Crippen MR) is 74.7 cm³/mol. The number of carbonyl (C=O) groups is 3. The number of hydrogen-bond acceptors (Lipinski definition) is 4. The van der Waals surface area contributed by atoms with E-state index in [9.17, 15) is 14.4 Å². The summed E-state index contributed by atoms with van der Waals surface area (Å²) in [5, 5.41) is 14.1. The Morgan fingerprint density at radius 1 is 1.38 bits per heavy atom. The second kappa shape index (κ2) is 6.92. The molecule has 2 amide bonds. The Hall–Kier alpha value is -2.31. The van der Waals surface area contributed by atoms with E-state index in [2.05, 4.69) is 10.6 Å². The molecule has 0 aliphatic carbocycles. The molecule has 1 aromatic heterocycles. The van der Waals surface area contributed by atoms with Gasteiger partial charge in [-0.1, -0.05) is 0 Å². The Kier molecular flexibility index (Phi) is 5.52. The van der Waals surface area contributed by atoms with Crippen LogP contribution in [0.4, 0.5) is 0 Å². The maximum atomic E-state index is 11.8. The van der Waals surface area contributed by atoms with Crippen molar-refractivity contribution < 1.29 is 23.9 Å². The number of nitrogens with one attached hydrogen (secondary N) is 2. The maximum absolute atomic E-state index is 11.8. The van der Waals surface area contributed by atoms with Crippen LogP contribution in [-0.4, -0.2) is 35.5 Å². The van der Waals surface area contributed by atoms with Gasteiger partial charge in [0, 0.05) is 6.54 Å². The molecule has 7 nitrogen and oxygen atoms in total. The highest BCUT2D eigenvalue weighted by atomic mass is 16.4. The highest BCUT2D eigenvalue weighted by molar-refractivity contribution is 5.97. The van der Waals surface area contributed by atoms with Crippen molar-refractivity contribution in [2.24, 2.45) is 5.41 Å². The monoisotopic (exact) mass is 296 g/mol. The summed E-state index contributed by atoms with van der Waals surface area (Å²) in [6, 6.07) is 0.773. The van der Waals surface area contributed by atoms with Crippen molar-refractivity contribution in [2.45, 2.75) is 33.2 Å². The quantitative estimate of drug-likeness (QED) is 0.696. The normalized spacial score (nSPS) is 12.5. The number of carbonyl (C=O) groups excluding carboxylic acids is 2. The molecule has 0 saturated heterocycles. The molecule has 1 rings (SSSR count). The lowest BCUT2D eigenvalue weighted by Crippen LogP contribution is -2.45. The van der Waals surface area contributed by atoms with Gasteiger partial charge in [0.05, 0.1) is 17.2 Å². The molecule has 0 radical (unpaired) electrons. The molecule has 0 aromatic carbocycles. The number of carboxylic acids is 1. The molecule has 0 fully saturated rings. The fourth-order valence-electron chi connectivity index (χ4n) is 1.50. The van der Waals surface area contributed by atoms with Gasteiger partial charge in [-0.3, -0.25) is 14.4 Å². The fourth-order valence-corrected chi connectivity index (χ4v) is 1.50. The summed E-state index contributed by atoms with van der Waals surface area (Å²) < 4.78 is 4.79. The topological polar surface area (TPSA) is 109 Å². The third-order valence-corrected chi connectivity index (χ3v) is 3.15. The van der Waals surface area contributed by atoms with Gasteiger partial charge in [-0.05, 0) is 33.3 Å². The van der Waals surface area contributed by atoms with Crippen LogP contribution in [0.5, 0.6) is 0 Å². The Morgan fingerprint density at radius 3 is 2.57 bits per heavy atom. The van der Waals surface area contributed by atoms with Crippen LogP contribution in [0.25, 0.3) is 0 Å². The number of aliphatic carboxylic acids is 1. The first-order valence-electron chi connectivity index (χ1n) is 6.58. The summed E-state index contributed by atoms with van der Waals surface area (Å²) in [5.41, 5.74) is -0.571. The molecule has 7 heteroatoms. The lowest BCUT2D eigenvalue weighted by atomic mass is 9.90. The van der Waals surface area contributed by atoms with E-state index in [1.54, 1.807) is 20.8 Å². The van der Waals surface area contributed by atoms with Crippen molar-refractivity contribution in [2.75, 3.05) is 6.54 Å². The third kappa shape index (κ3) is 4.94. The maximum Gasteiger partial charge on any atom is 0.309 e. The van der Waals surface area contributed by atoms with Gasteiger partial charge in [0.2, 0.25) is 5.91 Å². The molecular formula is C14H20N2O5. The van der Waals surface area contributed by atoms with Gasteiger partial charge in [0.15, 0.2) is 0 Å². The van der Waals surface area contributed by atoms with E-state index in [1.807, 2.05) is 0 Å². The number of carboxylic acid groups (broad SMARTS) is 1. The van der Waals surface area contributed by atoms with Crippen LogP contribution in [0, 0.1) is 5.41 Å². The zero-order valence-corrected chi connectivity index (χ0v) is 12.3. The second-order valence-corrected chi connectivity index (χ2v) is 5.44. The second-order valence-electron chi connectivity index (χ2n) is 5.44. The van der Waals surface area contributed by atoms with Crippen LogP contribution in [-0.2, 0) is 9.59 Å². The summed E-state index contributed by atoms with van der Waals surface area (Å²) in [4.78, 5) is 34.5. The first-order valence-corrected chi connectivity index (χ1v) is 6.58. The average molecular weight is 296 g/mol. The zero-order chi connectivity index (χ0) is 16.0. The zero-order valence-electron chi connectivity index (χ0n) is 12.3. The van der Waals surface area contributed by atoms with Gasteiger partial charge in [-0.25, -0.2) is 0 Å². The number of furan rings is 1. The summed E-state index contributed by atoms with van der Waals surface area (Å²) >= 11 is 0. The minimum Gasteiger partial charge on any atom is -0.481 e. The molecule has 21 heavy (non-hydrogen) atoms. The van der Waals surface area contributed by atoms with Crippen LogP contribution in [0.1, 0.15) is 37.6 Å². The van der Waals surface area contributed by atoms with Gasteiger partial charge in [0.25, 0.3) is 5.91 Å². The van der Waals surface area contributed by atoms with E-state index < -0.39 is 23.3 Å². The van der Waals surface area contributed by atoms with E-state index in [4.69, 9.17) is 9.52 Å². The van der Waals surface area contributed by atoms with Crippen molar-refractivity contribution in [3.05, 3.63) is 24.2 Å². The highest BCUT2D eigenvalue weighted by Gasteiger charge is 2.27. The van der Waals surface area contributed by atoms with Crippen molar-refractivity contribution in [1.82, 2.24) is 10.6 Å². The minimum absolute atomic E-state index is 0.226. The van der Waals surface area contributed by atoms with Crippen LogP contribution in [0.15, 0.2) is 23.0 Å². The van der Waals surface area contributed by atoms with Crippen LogP contribution < -0.4 is 10.6 Å². The van der Waals surface area contributed by atoms with Crippen LogP contribution in [0.2, 0.25) is 0 Å². The fraction of sp³-hybridized carbons (Fsp3) is 0.500. The summed E-state index contributed by atoms with van der Waals surface area (Å²) in [6.07, 6.45) is 2.96. The molecule has 0 bridgehead atoms. The third-order valence-electron chi connectivity index (χ3n) is 3.15. The molecule has 116 valence electrons. The molecule has 3 N–H and O–H groups in total. The Labute approximate surface area is 122 Å². The number of hydrogen-bond donors (Lipinski definition) is 3. The standard InChI is InChI=1S/C14H20N2O5/c1-9(16-12(18)10-4-7-21-8-10)11(17)15-6-5-14(2,3)13(19)20/h4,7-9H,5-6H2,1-3H3,(H,15,17)(H,16,18)(H,19,20).